The van der Waals surface area contributed by atoms with Crippen LogP contribution in [0.15, 0.2) is 30.3 Å². The maximum atomic E-state index is 12.7. The SMILES string of the molecule is CCSC1CCC(N(C)C(=O)C(C)C(N)c2ccccc2)C1.Cl. The smallest absolute Gasteiger partial charge is 0.227 e. The van der Waals surface area contributed by atoms with E-state index in [4.69, 9.17) is 5.73 Å². The Balaban J connectivity index is 0.00000264. The molecule has 3 nitrogen and oxygen atoms in total. The van der Waals surface area contributed by atoms with Gasteiger partial charge in [0.05, 0.1) is 5.92 Å². The van der Waals surface area contributed by atoms with Gasteiger partial charge in [0.25, 0.3) is 0 Å². The summed E-state index contributed by atoms with van der Waals surface area (Å²) in [5.74, 6) is 1.14. The molecule has 1 aromatic carbocycles. The number of amides is 1. The van der Waals surface area contributed by atoms with E-state index in [1.165, 1.54) is 6.42 Å². The number of halogens is 1. The van der Waals surface area contributed by atoms with Crippen molar-refractivity contribution in [2.24, 2.45) is 11.7 Å². The van der Waals surface area contributed by atoms with Gasteiger partial charge in [-0.15, -0.1) is 12.4 Å². The normalized spacial score (nSPS) is 23.0. The summed E-state index contributed by atoms with van der Waals surface area (Å²) >= 11 is 2.02. The van der Waals surface area contributed by atoms with Gasteiger partial charge in [-0.2, -0.15) is 11.8 Å². The molecule has 130 valence electrons. The van der Waals surface area contributed by atoms with Crippen molar-refractivity contribution in [3.8, 4) is 0 Å². The highest BCUT2D eigenvalue weighted by Gasteiger charge is 2.33. The monoisotopic (exact) mass is 356 g/mol. The Hall–Kier alpha value is -0.710. The third kappa shape index (κ3) is 5.13. The number of rotatable bonds is 6. The van der Waals surface area contributed by atoms with E-state index in [0.29, 0.717) is 11.3 Å². The number of nitrogens with zero attached hydrogens (tertiary/aromatic N) is 1. The number of carbonyl (C=O) groups is 1. The maximum absolute atomic E-state index is 12.7. The fourth-order valence-electron chi connectivity index (χ4n) is 3.27. The first-order valence-corrected chi connectivity index (χ1v) is 9.28. The van der Waals surface area contributed by atoms with E-state index in [1.807, 2.05) is 61.0 Å². The second-order valence-electron chi connectivity index (χ2n) is 6.22. The average molecular weight is 357 g/mol. The molecule has 2 N–H and O–H groups in total. The van der Waals surface area contributed by atoms with E-state index in [2.05, 4.69) is 6.92 Å². The molecule has 0 bridgehead atoms. The van der Waals surface area contributed by atoms with Gasteiger partial charge in [-0.05, 0) is 30.6 Å². The molecule has 0 spiro atoms. The molecule has 0 radical (unpaired) electrons. The molecule has 0 aromatic heterocycles. The van der Waals surface area contributed by atoms with Crippen molar-refractivity contribution in [1.29, 1.82) is 0 Å². The number of benzene rings is 1. The molecule has 4 atom stereocenters. The molecular formula is C18H29ClN2OS. The molecule has 1 aliphatic rings. The zero-order valence-corrected chi connectivity index (χ0v) is 15.9. The number of hydrogen-bond acceptors (Lipinski definition) is 3. The van der Waals surface area contributed by atoms with Crippen LogP contribution >= 0.6 is 24.2 Å². The third-order valence-corrected chi connectivity index (χ3v) is 6.00. The lowest BCUT2D eigenvalue weighted by molar-refractivity contribution is -0.136. The summed E-state index contributed by atoms with van der Waals surface area (Å²) in [6, 6.07) is 10.0. The fraction of sp³-hybridized carbons (Fsp3) is 0.611. The first kappa shape index (κ1) is 20.3. The van der Waals surface area contributed by atoms with Crippen LogP contribution in [0.4, 0.5) is 0 Å². The van der Waals surface area contributed by atoms with Gasteiger partial charge in [-0.25, -0.2) is 0 Å². The summed E-state index contributed by atoms with van der Waals surface area (Å²) in [4.78, 5) is 14.7. The highest BCUT2D eigenvalue weighted by atomic mass is 35.5. The van der Waals surface area contributed by atoms with Crippen molar-refractivity contribution in [2.45, 2.75) is 50.4 Å². The van der Waals surface area contributed by atoms with Crippen molar-refractivity contribution in [1.82, 2.24) is 4.90 Å². The highest BCUT2D eigenvalue weighted by Crippen LogP contribution is 2.33. The highest BCUT2D eigenvalue weighted by molar-refractivity contribution is 7.99. The molecule has 1 aromatic rings. The predicted octanol–water partition coefficient (Wildman–Crippen LogP) is 3.88. The molecule has 0 heterocycles. The van der Waals surface area contributed by atoms with E-state index in [1.54, 1.807) is 0 Å². The van der Waals surface area contributed by atoms with Crippen LogP contribution in [0.3, 0.4) is 0 Å². The van der Waals surface area contributed by atoms with Crippen molar-refractivity contribution >= 4 is 30.1 Å². The van der Waals surface area contributed by atoms with Gasteiger partial charge >= 0.3 is 0 Å². The van der Waals surface area contributed by atoms with Gasteiger partial charge in [-0.1, -0.05) is 44.2 Å². The third-order valence-electron chi connectivity index (χ3n) is 4.77. The number of carbonyl (C=O) groups excluding carboxylic acids is 1. The van der Waals surface area contributed by atoms with E-state index in [-0.39, 0.29) is 30.3 Å². The topological polar surface area (TPSA) is 46.3 Å². The Bertz CT molecular complexity index is 485. The summed E-state index contributed by atoms with van der Waals surface area (Å²) in [6.45, 7) is 4.15. The Labute approximate surface area is 150 Å². The van der Waals surface area contributed by atoms with Crippen LogP contribution in [0.1, 0.15) is 44.7 Å². The molecular weight excluding hydrogens is 328 g/mol. The van der Waals surface area contributed by atoms with Crippen LogP contribution in [0.5, 0.6) is 0 Å². The Morgan fingerprint density at radius 3 is 2.61 bits per heavy atom. The maximum Gasteiger partial charge on any atom is 0.227 e. The van der Waals surface area contributed by atoms with Gasteiger partial charge in [0.15, 0.2) is 0 Å². The zero-order chi connectivity index (χ0) is 16.1. The molecule has 1 amide bonds. The summed E-state index contributed by atoms with van der Waals surface area (Å²) in [5.41, 5.74) is 7.33. The number of thioether (sulfide) groups is 1. The van der Waals surface area contributed by atoms with Gasteiger partial charge in [0, 0.05) is 24.4 Å². The van der Waals surface area contributed by atoms with Crippen LogP contribution in [0.25, 0.3) is 0 Å². The molecule has 1 saturated carbocycles. The van der Waals surface area contributed by atoms with E-state index < -0.39 is 0 Å². The summed E-state index contributed by atoms with van der Waals surface area (Å²) in [5, 5.41) is 0.711. The minimum absolute atomic E-state index is 0. The van der Waals surface area contributed by atoms with E-state index >= 15 is 0 Å². The lowest BCUT2D eigenvalue weighted by Gasteiger charge is -2.30. The van der Waals surface area contributed by atoms with E-state index in [0.717, 1.165) is 24.2 Å². The van der Waals surface area contributed by atoms with Gasteiger partial charge in [0.1, 0.15) is 0 Å². The first-order valence-electron chi connectivity index (χ1n) is 8.23. The molecule has 23 heavy (non-hydrogen) atoms. The molecule has 4 unspecified atom stereocenters. The largest absolute Gasteiger partial charge is 0.342 e. The number of nitrogens with two attached hydrogens (primary N) is 1. The lowest BCUT2D eigenvalue weighted by atomic mass is 9.94. The van der Waals surface area contributed by atoms with E-state index in [9.17, 15) is 4.79 Å². The summed E-state index contributed by atoms with van der Waals surface area (Å²) < 4.78 is 0. The van der Waals surface area contributed by atoms with Crippen molar-refractivity contribution < 1.29 is 4.79 Å². The molecule has 0 saturated heterocycles. The Kier molecular flexibility index (Phi) is 8.45. The molecule has 5 heteroatoms. The van der Waals surface area contributed by atoms with Crippen molar-refractivity contribution in [3.63, 3.8) is 0 Å². The predicted molar refractivity (Wildman–Crippen MR) is 102 cm³/mol. The second kappa shape index (κ2) is 9.55. The summed E-state index contributed by atoms with van der Waals surface area (Å²) in [6.07, 6.45) is 3.46. The zero-order valence-electron chi connectivity index (χ0n) is 14.3. The quantitative estimate of drug-likeness (QED) is 0.841. The second-order valence-corrected chi connectivity index (χ2v) is 7.80. The molecule has 0 aliphatic heterocycles. The van der Waals surface area contributed by atoms with Crippen LogP contribution < -0.4 is 5.73 Å². The van der Waals surface area contributed by atoms with Crippen LogP contribution in [-0.4, -0.2) is 34.9 Å². The summed E-state index contributed by atoms with van der Waals surface area (Å²) in [7, 11) is 1.94. The van der Waals surface area contributed by atoms with Crippen LogP contribution in [-0.2, 0) is 4.79 Å². The minimum Gasteiger partial charge on any atom is -0.342 e. The van der Waals surface area contributed by atoms with Crippen LogP contribution in [0, 0.1) is 5.92 Å². The fourth-order valence-corrected chi connectivity index (χ4v) is 4.41. The number of hydrogen-bond donors (Lipinski definition) is 1. The van der Waals surface area contributed by atoms with Crippen molar-refractivity contribution in [3.05, 3.63) is 35.9 Å². The van der Waals surface area contributed by atoms with Gasteiger partial charge in [-0.3, -0.25) is 4.79 Å². The van der Waals surface area contributed by atoms with Gasteiger partial charge in [0.2, 0.25) is 5.91 Å². The Morgan fingerprint density at radius 2 is 2.00 bits per heavy atom. The lowest BCUT2D eigenvalue weighted by Crippen LogP contribution is -2.42. The molecule has 2 rings (SSSR count). The average Bonchev–Trinajstić information content (AvgIpc) is 3.02. The molecule has 1 fully saturated rings. The van der Waals surface area contributed by atoms with Gasteiger partial charge < -0.3 is 10.6 Å². The van der Waals surface area contributed by atoms with Crippen LogP contribution in [0.2, 0.25) is 0 Å². The molecule has 1 aliphatic carbocycles. The first-order chi connectivity index (χ1) is 10.5. The van der Waals surface area contributed by atoms with Crippen molar-refractivity contribution in [2.75, 3.05) is 12.8 Å². The minimum atomic E-state index is -0.238. The standard InChI is InChI=1S/C18H28N2OS.ClH/c1-4-22-16-11-10-15(12-16)20(3)18(21)13(2)17(19)14-8-6-5-7-9-14;/h5-9,13,15-17H,4,10-12,19H2,1-3H3;1H. The Morgan fingerprint density at radius 1 is 1.35 bits per heavy atom.